The smallest absolute Gasteiger partial charge is 0.379 e. The average molecular weight is 263 g/mol. The van der Waals surface area contributed by atoms with Crippen LogP contribution in [0.25, 0.3) is 0 Å². The fourth-order valence-corrected chi connectivity index (χ4v) is 1.22. The minimum absolute atomic E-state index is 0.120. The van der Waals surface area contributed by atoms with Crippen LogP contribution in [0, 0.1) is 0 Å². The summed E-state index contributed by atoms with van der Waals surface area (Å²) in [7, 11) is 0. The first kappa shape index (κ1) is 14.7. The predicted molar refractivity (Wildman–Crippen MR) is 61.2 cm³/mol. The molecule has 0 spiro atoms. The Labute approximate surface area is 104 Å². The Bertz CT molecular complexity index is 369. The second-order valence-corrected chi connectivity index (χ2v) is 4.03. The van der Waals surface area contributed by atoms with Gasteiger partial charge in [0, 0.05) is 13.2 Å². The molecule has 1 rings (SSSR count). The van der Waals surface area contributed by atoms with Gasteiger partial charge in [-0.3, -0.25) is 0 Å². The molecule has 0 unspecified atom stereocenters. The molecule has 1 aromatic heterocycles. The van der Waals surface area contributed by atoms with Crippen molar-refractivity contribution in [3.05, 3.63) is 17.8 Å². The number of alkyl halides is 3. The van der Waals surface area contributed by atoms with Crippen LogP contribution in [-0.4, -0.2) is 29.5 Å². The van der Waals surface area contributed by atoms with Crippen molar-refractivity contribution < 1.29 is 17.9 Å². The quantitative estimate of drug-likeness (QED) is 0.802. The number of hydrogen-bond donors (Lipinski definition) is 1. The summed E-state index contributed by atoms with van der Waals surface area (Å²) in [5.41, 5.74) is -0.807. The van der Waals surface area contributed by atoms with Gasteiger partial charge in [0.15, 0.2) is 0 Å². The first-order chi connectivity index (χ1) is 8.39. The maximum absolute atomic E-state index is 12.4. The van der Waals surface area contributed by atoms with E-state index in [2.05, 4.69) is 15.5 Å². The normalized spacial score (nSPS) is 11.9. The highest BCUT2D eigenvalue weighted by molar-refractivity contribution is 5.36. The third kappa shape index (κ3) is 5.31. The first-order valence-corrected chi connectivity index (χ1v) is 5.65. The SMILES string of the molecule is CC(C)OCCCNc1cc(C(F)(F)F)cnn1. The highest BCUT2D eigenvalue weighted by Crippen LogP contribution is 2.29. The molecule has 7 heteroatoms. The van der Waals surface area contributed by atoms with E-state index < -0.39 is 11.7 Å². The molecule has 0 aliphatic heterocycles. The van der Waals surface area contributed by atoms with E-state index in [4.69, 9.17) is 4.74 Å². The lowest BCUT2D eigenvalue weighted by Gasteiger charge is -2.10. The molecule has 4 nitrogen and oxygen atoms in total. The number of nitrogens with zero attached hydrogens (tertiary/aromatic N) is 2. The molecule has 1 N–H and O–H groups in total. The average Bonchev–Trinajstić information content (AvgIpc) is 2.27. The van der Waals surface area contributed by atoms with Crippen LogP contribution in [0.4, 0.5) is 19.0 Å². The molecule has 0 amide bonds. The van der Waals surface area contributed by atoms with Gasteiger partial charge in [0.2, 0.25) is 0 Å². The van der Waals surface area contributed by atoms with Crippen LogP contribution in [0.15, 0.2) is 12.3 Å². The second-order valence-electron chi connectivity index (χ2n) is 4.03. The van der Waals surface area contributed by atoms with Crippen LogP contribution in [0.2, 0.25) is 0 Å². The van der Waals surface area contributed by atoms with Crippen LogP contribution in [0.3, 0.4) is 0 Å². The third-order valence-corrected chi connectivity index (χ3v) is 2.06. The maximum atomic E-state index is 12.4. The molecular formula is C11H16F3N3O. The Morgan fingerprint density at radius 3 is 2.72 bits per heavy atom. The molecule has 0 aliphatic carbocycles. The molecule has 0 bridgehead atoms. The Morgan fingerprint density at radius 2 is 2.11 bits per heavy atom. The van der Waals surface area contributed by atoms with Crippen molar-refractivity contribution in [2.24, 2.45) is 0 Å². The number of anilines is 1. The van der Waals surface area contributed by atoms with E-state index in [9.17, 15) is 13.2 Å². The van der Waals surface area contributed by atoms with Gasteiger partial charge in [0.25, 0.3) is 0 Å². The van der Waals surface area contributed by atoms with E-state index in [0.717, 1.165) is 6.07 Å². The molecule has 102 valence electrons. The monoisotopic (exact) mass is 263 g/mol. The topological polar surface area (TPSA) is 47.0 Å². The summed E-state index contributed by atoms with van der Waals surface area (Å²) in [5.74, 6) is 0.120. The molecule has 0 saturated carbocycles. The second kappa shape index (κ2) is 6.53. The summed E-state index contributed by atoms with van der Waals surface area (Å²) in [6.45, 7) is 4.89. The van der Waals surface area contributed by atoms with E-state index in [-0.39, 0.29) is 11.9 Å². The zero-order chi connectivity index (χ0) is 13.6. The van der Waals surface area contributed by atoms with Gasteiger partial charge < -0.3 is 10.1 Å². The van der Waals surface area contributed by atoms with E-state index in [1.807, 2.05) is 13.8 Å². The lowest BCUT2D eigenvalue weighted by atomic mass is 10.3. The Morgan fingerprint density at radius 1 is 1.39 bits per heavy atom. The molecule has 18 heavy (non-hydrogen) atoms. The van der Waals surface area contributed by atoms with Crippen molar-refractivity contribution in [1.82, 2.24) is 10.2 Å². The summed E-state index contributed by atoms with van der Waals surface area (Å²) < 4.78 is 42.5. The maximum Gasteiger partial charge on any atom is 0.418 e. The summed E-state index contributed by atoms with van der Waals surface area (Å²) in [5, 5.41) is 9.68. The lowest BCUT2D eigenvalue weighted by Crippen LogP contribution is -2.12. The number of aromatic nitrogens is 2. The molecule has 0 radical (unpaired) electrons. The van der Waals surface area contributed by atoms with E-state index in [0.29, 0.717) is 25.8 Å². The molecule has 0 fully saturated rings. The Balaban J connectivity index is 2.39. The zero-order valence-electron chi connectivity index (χ0n) is 10.3. The van der Waals surface area contributed by atoms with Crippen molar-refractivity contribution in [2.45, 2.75) is 32.5 Å². The number of hydrogen-bond acceptors (Lipinski definition) is 4. The van der Waals surface area contributed by atoms with E-state index in [1.54, 1.807) is 0 Å². The van der Waals surface area contributed by atoms with Crippen molar-refractivity contribution >= 4 is 5.82 Å². The van der Waals surface area contributed by atoms with Crippen LogP contribution in [0.1, 0.15) is 25.8 Å². The third-order valence-electron chi connectivity index (χ3n) is 2.06. The number of halogens is 3. The lowest BCUT2D eigenvalue weighted by molar-refractivity contribution is -0.137. The van der Waals surface area contributed by atoms with Gasteiger partial charge in [-0.15, -0.1) is 5.10 Å². The minimum Gasteiger partial charge on any atom is -0.379 e. The largest absolute Gasteiger partial charge is 0.418 e. The number of rotatable bonds is 6. The van der Waals surface area contributed by atoms with Gasteiger partial charge in [-0.2, -0.15) is 18.3 Å². The van der Waals surface area contributed by atoms with Gasteiger partial charge >= 0.3 is 6.18 Å². The minimum atomic E-state index is -4.40. The molecule has 1 aromatic rings. The highest BCUT2D eigenvalue weighted by Gasteiger charge is 2.31. The van der Waals surface area contributed by atoms with Crippen LogP contribution >= 0.6 is 0 Å². The Kier molecular flexibility index (Phi) is 5.33. The first-order valence-electron chi connectivity index (χ1n) is 5.65. The molecule has 0 atom stereocenters. The Hall–Kier alpha value is -1.37. The van der Waals surface area contributed by atoms with Gasteiger partial charge in [-0.05, 0) is 26.3 Å². The van der Waals surface area contributed by atoms with Crippen molar-refractivity contribution in [2.75, 3.05) is 18.5 Å². The molecule has 0 aliphatic rings. The van der Waals surface area contributed by atoms with E-state index in [1.165, 1.54) is 0 Å². The van der Waals surface area contributed by atoms with Gasteiger partial charge in [0.1, 0.15) is 5.82 Å². The van der Waals surface area contributed by atoms with Crippen LogP contribution < -0.4 is 5.32 Å². The predicted octanol–water partition coefficient (Wildman–Crippen LogP) is 2.72. The molecule has 1 heterocycles. The summed E-state index contributed by atoms with van der Waals surface area (Å²) >= 11 is 0. The number of ether oxygens (including phenoxy) is 1. The van der Waals surface area contributed by atoms with Crippen LogP contribution in [-0.2, 0) is 10.9 Å². The molecule has 0 saturated heterocycles. The van der Waals surface area contributed by atoms with Gasteiger partial charge in [-0.25, -0.2) is 0 Å². The van der Waals surface area contributed by atoms with Crippen LogP contribution in [0.5, 0.6) is 0 Å². The summed E-state index contributed by atoms with van der Waals surface area (Å²) in [6, 6.07) is 0.941. The zero-order valence-corrected chi connectivity index (χ0v) is 10.3. The fraction of sp³-hybridized carbons (Fsp3) is 0.636. The van der Waals surface area contributed by atoms with E-state index >= 15 is 0 Å². The van der Waals surface area contributed by atoms with Crippen molar-refractivity contribution in [1.29, 1.82) is 0 Å². The van der Waals surface area contributed by atoms with Crippen molar-refractivity contribution in [3.8, 4) is 0 Å². The standard InChI is InChI=1S/C11H16F3N3O/c1-8(2)18-5-3-4-15-10-6-9(7-16-17-10)11(12,13)14/h6-8H,3-5H2,1-2H3,(H,15,17). The van der Waals surface area contributed by atoms with Gasteiger partial charge in [-0.1, -0.05) is 0 Å². The van der Waals surface area contributed by atoms with Gasteiger partial charge in [0.05, 0.1) is 17.9 Å². The molecular weight excluding hydrogens is 247 g/mol. The fourth-order valence-electron chi connectivity index (χ4n) is 1.22. The summed E-state index contributed by atoms with van der Waals surface area (Å²) in [6.07, 6.45) is -2.85. The highest BCUT2D eigenvalue weighted by atomic mass is 19.4. The number of nitrogens with one attached hydrogen (secondary N) is 1. The molecule has 0 aromatic carbocycles. The van der Waals surface area contributed by atoms with Crippen molar-refractivity contribution in [3.63, 3.8) is 0 Å². The summed E-state index contributed by atoms with van der Waals surface area (Å²) in [4.78, 5) is 0.